The standard InChI is InChI=1S/C15H13F2NO2/c1-9-6-11(16)3-2-10(9)8-20-15(19)13-7-12(17)4-5-14(13)18/h2-7H,8,18H2,1H3. The zero-order valence-electron chi connectivity index (χ0n) is 10.8. The third-order valence-electron chi connectivity index (χ3n) is 2.90. The Morgan fingerprint density at radius 2 is 1.80 bits per heavy atom. The number of anilines is 1. The minimum atomic E-state index is -0.717. The van der Waals surface area contributed by atoms with Gasteiger partial charge in [0.1, 0.15) is 18.2 Å². The molecule has 2 aromatic rings. The van der Waals surface area contributed by atoms with E-state index < -0.39 is 11.8 Å². The number of halogens is 2. The molecule has 0 aliphatic carbocycles. The number of hydrogen-bond acceptors (Lipinski definition) is 3. The van der Waals surface area contributed by atoms with Crippen molar-refractivity contribution < 1.29 is 18.3 Å². The maximum atomic E-state index is 13.1. The number of esters is 1. The molecule has 0 aromatic heterocycles. The van der Waals surface area contributed by atoms with Crippen molar-refractivity contribution in [1.82, 2.24) is 0 Å². The zero-order chi connectivity index (χ0) is 14.7. The van der Waals surface area contributed by atoms with Crippen LogP contribution in [0.15, 0.2) is 36.4 Å². The van der Waals surface area contributed by atoms with E-state index in [0.717, 1.165) is 12.1 Å². The number of hydrogen-bond donors (Lipinski definition) is 1. The van der Waals surface area contributed by atoms with Gasteiger partial charge in [-0.3, -0.25) is 0 Å². The average Bonchev–Trinajstić information content (AvgIpc) is 2.40. The van der Waals surface area contributed by atoms with E-state index in [1.54, 1.807) is 6.92 Å². The van der Waals surface area contributed by atoms with Crippen LogP contribution in [0, 0.1) is 18.6 Å². The molecule has 0 unspecified atom stereocenters. The van der Waals surface area contributed by atoms with Gasteiger partial charge in [-0.1, -0.05) is 6.07 Å². The van der Waals surface area contributed by atoms with Gasteiger partial charge < -0.3 is 10.5 Å². The van der Waals surface area contributed by atoms with E-state index in [-0.39, 0.29) is 23.7 Å². The van der Waals surface area contributed by atoms with Crippen molar-refractivity contribution in [2.75, 3.05) is 5.73 Å². The predicted octanol–water partition coefficient (Wildman–Crippen LogP) is 3.21. The van der Waals surface area contributed by atoms with E-state index in [1.165, 1.54) is 24.3 Å². The number of nitrogen functional groups attached to an aromatic ring is 1. The smallest absolute Gasteiger partial charge is 0.340 e. The molecule has 2 aromatic carbocycles. The van der Waals surface area contributed by atoms with E-state index in [2.05, 4.69) is 0 Å². The van der Waals surface area contributed by atoms with Crippen LogP contribution in [0.2, 0.25) is 0 Å². The highest BCUT2D eigenvalue weighted by Crippen LogP contribution is 2.17. The molecule has 0 saturated carbocycles. The van der Waals surface area contributed by atoms with Gasteiger partial charge in [-0.2, -0.15) is 0 Å². The fourth-order valence-electron chi connectivity index (χ4n) is 1.75. The lowest BCUT2D eigenvalue weighted by Crippen LogP contribution is -2.09. The molecule has 3 nitrogen and oxygen atoms in total. The van der Waals surface area contributed by atoms with Crippen LogP contribution in [0.25, 0.3) is 0 Å². The average molecular weight is 277 g/mol. The second kappa shape index (κ2) is 5.69. The summed E-state index contributed by atoms with van der Waals surface area (Å²) in [5.41, 5.74) is 7.06. The molecule has 104 valence electrons. The van der Waals surface area contributed by atoms with E-state index in [1.807, 2.05) is 0 Å². The normalized spacial score (nSPS) is 10.3. The monoisotopic (exact) mass is 277 g/mol. The molecule has 0 heterocycles. The lowest BCUT2D eigenvalue weighted by molar-refractivity contribution is 0.0473. The number of aryl methyl sites for hydroxylation is 1. The quantitative estimate of drug-likeness (QED) is 0.692. The molecule has 0 saturated heterocycles. The second-order valence-electron chi connectivity index (χ2n) is 4.38. The van der Waals surface area contributed by atoms with Crippen LogP contribution < -0.4 is 5.73 Å². The maximum absolute atomic E-state index is 13.1. The van der Waals surface area contributed by atoms with Crippen molar-refractivity contribution in [2.45, 2.75) is 13.5 Å². The van der Waals surface area contributed by atoms with Crippen LogP contribution in [0.4, 0.5) is 14.5 Å². The Balaban J connectivity index is 2.10. The summed E-state index contributed by atoms with van der Waals surface area (Å²) in [6, 6.07) is 7.65. The molecule has 2 N–H and O–H groups in total. The fraction of sp³-hybridized carbons (Fsp3) is 0.133. The first-order valence-electron chi connectivity index (χ1n) is 5.94. The van der Waals surface area contributed by atoms with Crippen LogP contribution in [-0.2, 0) is 11.3 Å². The molecule has 0 aliphatic rings. The van der Waals surface area contributed by atoms with Gasteiger partial charge in [0.2, 0.25) is 0 Å². The van der Waals surface area contributed by atoms with Crippen LogP contribution in [0.3, 0.4) is 0 Å². The number of nitrogens with two attached hydrogens (primary N) is 1. The summed E-state index contributed by atoms with van der Waals surface area (Å²) in [6.45, 7) is 1.68. The van der Waals surface area contributed by atoms with Gasteiger partial charge in [0, 0.05) is 5.69 Å². The van der Waals surface area contributed by atoms with Crippen molar-refractivity contribution in [3.8, 4) is 0 Å². The van der Waals surface area contributed by atoms with E-state index in [0.29, 0.717) is 11.1 Å². The first-order chi connectivity index (χ1) is 9.47. The third kappa shape index (κ3) is 3.12. The molecule has 0 bridgehead atoms. The summed E-state index contributed by atoms with van der Waals surface area (Å²) in [4.78, 5) is 11.8. The lowest BCUT2D eigenvalue weighted by Gasteiger charge is -2.09. The highest BCUT2D eigenvalue weighted by atomic mass is 19.1. The first kappa shape index (κ1) is 14.0. The molecule has 20 heavy (non-hydrogen) atoms. The Kier molecular flexibility index (Phi) is 3.98. The van der Waals surface area contributed by atoms with Gasteiger partial charge in [0.05, 0.1) is 5.56 Å². The molecule has 0 spiro atoms. The summed E-state index contributed by atoms with van der Waals surface area (Å²) >= 11 is 0. The van der Waals surface area contributed by atoms with Crippen molar-refractivity contribution in [2.24, 2.45) is 0 Å². The maximum Gasteiger partial charge on any atom is 0.340 e. The zero-order valence-corrected chi connectivity index (χ0v) is 10.8. The van der Waals surface area contributed by atoms with Crippen LogP contribution in [0.1, 0.15) is 21.5 Å². The highest BCUT2D eigenvalue weighted by molar-refractivity contribution is 5.95. The van der Waals surface area contributed by atoms with Gasteiger partial charge in [0.25, 0.3) is 0 Å². The molecule has 0 atom stereocenters. The predicted molar refractivity (Wildman–Crippen MR) is 71.1 cm³/mol. The Morgan fingerprint density at radius 1 is 1.15 bits per heavy atom. The summed E-state index contributed by atoms with van der Waals surface area (Å²) in [7, 11) is 0. The van der Waals surface area contributed by atoms with E-state index in [4.69, 9.17) is 10.5 Å². The summed E-state index contributed by atoms with van der Waals surface area (Å²) < 4.78 is 31.1. The Bertz CT molecular complexity index is 656. The number of benzene rings is 2. The summed E-state index contributed by atoms with van der Waals surface area (Å²) in [5, 5.41) is 0. The molecular weight excluding hydrogens is 264 g/mol. The lowest BCUT2D eigenvalue weighted by atomic mass is 10.1. The topological polar surface area (TPSA) is 52.3 Å². The van der Waals surface area contributed by atoms with Crippen molar-refractivity contribution in [3.05, 3.63) is 64.7 Å². The molecule has 5 heteroatoms. The van der Waals surface area contributed by atoms with Crippen LogP contribution >= 0.6 is 0 Å². The van der Waals surface area contributed by atoms with Gasteiger partial charge in [0.15, 0.2) is 0 Å². The van der Waals surface area contributed by atoms with Crippen molar-refractivity contribution in [1.29, 1.82) is 0 Å². The largest absolute Gasteiger partial charge is 0.457 e. The van der Waals surface area contributed by atoms with E-state index >= 15 is 0 Å². The molecule has 0 fully saturated rings. The first-order valence-corrected chi connectivity index (χ1v) is 5.94. The molecule has 0 aliphatic heterocycles. The minimum Gasteiger partial charge on any atom is -0.457 e. The number of ether oxygens (including phenoxy) is 1. The number of rotatable bonds is 3. The fourth-order valence-corrected chi connectivity index (χ4v) is 1.75. The van der Waals surface area contributed by atoms with Gasteiger partial charge in [-0.05, 0) is 48.4 Å². The molecule has 0 amide bonds. The van der Waals surface area contributed by atoms with Crippen molar-refractivity contribution >= 4 is 11.7 Å². The van der Waals surface area contributed by atoms with Crippen molar-refractivity contribution in [3.63, 3.8) is 0 Å². The summed E-state index contributed by atoms with van der Waals surface area (Å²) in [5.74, 6) is -1.64. The van der Waals surface area contributed by atoms with Gasteiger partial charge in [-0.15, -0.1) is 0 Å². The molecule has 2 rings (SSSR count). The molecular formula is C15H13F2NO2. The second-order valence-corrected chi connectivity index (χ2v) is 4.38. The SMILES string of the molecule is Cc1cc(F)ccc1COC(=O)c1cc(F)ccc1N. The van der Waals surface area contributed by atoms with Gasteiger partial charge >= 0.3 is 5.97 Å². The Labute approximate surface area is 115 Å². The van der Waals surface area contributed by atoms with Crippen LogP contribution in [0.5, 0.6) is 0 Å². The summed E-state index contributed by atoms with van der Waals surface area (Å²) in [6.07, 6.45) is 0. The number of carbonyl (C=O) groups excluding carboxylic acids is 1. The minimum absolute atomic E-state index is 0.0234. The van der Waals surface area contributed by atoms with Gasteiger partial charge in [-0.25, -0.2) is 13.6 Å². The number of carbonyl (C=O) groups is 1. The highest BCUT2D eigenvalue weighted by Gasteiger charge is 2.13. The van der Waals surface area contributed by atoms with Crippen LogP contribution in [-0.4, -0.2) is 5.97 Å². The third-order valence-corrected chi connectivity index (χ3v) is 2.90. The molecule has 0 radical (unpaired) electrons. The Morgan fingerprint density at radius 3 is 2.50 bits per heavy atom. The van der Waals surface area contributed by atoms with E-state index in [9.17, 15) is 13.6 Å². The Hall–Kier alpha value is -2.43.